The highest BCUT2D eigenvalue weighted by Gasteiger charge is 2.25. The third-order valence-electron chi connectivity index (χ3n) is 6.33. The van der Waals surface area contributed by atoms with Gasteiger partial charge in [0.1, 0.15) is 22.2 Å². The highest BCUT2D eigenvalue weighted by molar-refractivity contribution is 7.18. The summed E-state index contributed by atoms with van der Waals surface area (Å²) >= 11 is 1.77. The fourth-order valence-corrected chi connectivity index (χ4v) is 5.46. The maximum Gasteiger partial charge on any atom is 0.146 e. The summed E-state index contributed by atoms with van der Waals surface area (Å²) in [6.45, 7) is 12.0. The van der Waals surface area contributed by atoms with Gasteiger partial charge in [0, 0.05) is 44.1 Å². The standard InChI is InChI=1S/C23H29N5O2S/c1-16-17(2)31-23-21(16)22(24-20(25-23)15-26-11-13-30-14-12-26)28-9-7-27(8-10-28)18-5-3-4-6-19(18)29/h3-6,29H,7-15H2,1-2H3. The molecular weight excluding hydrogens is 410 g/mol. The van der Waals surface area contributed by atoms with Crippen LogP contribution in [0.1, 0.15) is 16.3 Å². The lowest BCUT2D eigenvalue weighted by molar-refractivity contribution is 0.0331. The number of fused-ring (bicyclic) bond motifs is 1. The summed E-state index contributed by atoms with van der Waals surface area (Å²) in [5.74, 6) is 2.30. The fourth-order valence-electron chi connectivity index (χ4n) is 4.42. The van der Waals surface area contributed by atoms with Gasteiger partial charge in [-0.05, 0) is 31.5 Å². The number of ether oxygens (including phenoxy) is 1. The Morgan fingerprint density at radius 3 is 2.42 bits per heavy atom. The predicted octanol–water partition coefficient (Wildman–Crippen LogP) is 3.17. The molecule has 0 spiro atoms. The van der Waals surface area contributed by atoms with Crippen molar-refractivity contribution in [3.05, 3.63) is 40.5 Å². The molecule has 0 amide bonds. The highest BCUT2D eigenvalue weighted by Crippen LogP contribution is 2.36. The van der Waals surface area contributed by atoms with Crippen LogP contribution in [0.2, 0.25) is 0 Å². The van der Waals surface area contributed by atoms with Crippen LogP contribution in [0, 0.1) is 13.8 Å². The first kappa shape index (κ1) is 20.5. The number of aromatic nitrogens is 2. The molecule has 1 N–H and O–H groups in total. The molecule has 0 aliphatic carbocycles. The second kappa shape index (κ2) is 8.61. The molecule has 2 aliphatic rings. The van der Waals surface area contributed by atoms with Crippen molar-refractivity contribution in [2.24, 2.45) is 0 Å². The molecule has 5 rings (SSSR count). The third kappa shape index (κ3) is 4.07. The molecule has 0 atom stereocenters. The van der Waals surface area contributed by atoms with E-state index in [1.807, 2.05) is 18.2 Å². The van der Waals surface area contributed by atoms with Gasteiger partial charge in [0.05, 0.1) is 30.8 Å². The van der Waals surface area contributed by atoms with Crippen molar-refractivity contribution >= 4 is 33.1 Å². The normalized spacial score (nSPS) is 18.1. The molecule has 8 heteroatoms. The van der Waals surface area contributed by atoms with Crippen LogP contribution < -0.4 is 9.80 Å². The number of rotatable bonds is 4. The van der Waals surface area contributed by atoms with E-state index >= 15 is 0 Å². The second-order valence-electron chi connectivity index (χ2n) is 8.28. The van der Waals surface area contributed by atoms with Crippen LogP contribution in [0.5, 0.6) is 5.75 Å². The van der Waals surface area contributed by atoms with Gasteiger partial charge in [-0.1, -0.05) is 12.1 Å². The molecule has 1 aromatic carbocycles. The maximum absolute atomic E-state index is 10.2. The fraction of sp³-hybridized carbons (Fsp3) is 0.478. The number of aromatic hydroxyl groups is 1. The first-order chi connectivity index (χ1) is 15.1. The summed E-state index contributed by atoms with van der Waals surface area (Å²) in [6.07, 6.45) is 0. The van der Waals surface area contributed by atoms with E-state index in [0.717, 1.165) is 81.2 Å². The van der Waals surface area contributed by atoms with Crippen molar-refractivity contribution in [2.45, 2.75) is 20.4 Å². The number of phenolic OH excluding ortho intramolecular Hbond substituents is 1. The van der Waals surface area contributed by atoms with Gasteiger partial charge in [-0.3, -0.25) is 4.90 Å². The average Bonchev–Trinajstić information content (AvgIpc) is 3.08. The van der Waals surface area contributed by atoms with Crippen LogP contribution in [0.15, 0.2) is 24.3 Å². The summed E-state index contributed by atoms with van der Waals surface area (Å²) in [6, 6.07) is 7.58. The smallest absolute Gasteiger partial charge is 0.146 e. The lowest BCUT2D eigenvalue weighted by Gasteiger charge is -2.37. The highest BCUT2D eigenvalue weighted by atomic mass is 32.1. The minimum absolute atomic E-state index is 0.345. The van der Waals surface area contributed by atoms with E-state index in [0.29, 0.717) is 5.75 Å². The van der Waals surface area contributed by atoms with E-state index in [1.165, 1.54) is 15.8 Å². The zero-order valence-corrected chi connectivity index (χ0v) is 19.0. The number of thiophene rings is 1. The molecule has 2 aromatic heterocycles. The van der Waals surface area contributed by atoms with Gasteiger partial charge in [0.25, 0.3) is 0 Å². The summed E-state index contributed by atoms with van der Waals surface area (Å²) in [7, 11) is 0. The molecule has 2 aliphatic heterocycles. The Balaban J connectivity index is 1.42. The molecule has 0 saturated carbocycles. The van der Waals surface area contributed by atoms with Crippen LogP contribution in [0.4, 0.5) is 11.5 Å². The van der Waals surface area contributed by atoms with Gasteiger partial charge in [0.2, 0.25) is 0 Å². The van der Waals surface area contributed by atoms with Crippen molar-refractivity contribution in [1.29, 1.82) is 0 Å². The Labute approximate surface area is 186 Å². The molecule has 2 fully saturated rings. The first-order valence-electron chi connectivity index (χ1n) is 10.9. The van der Waals surface area contributed by atoms with Gasteiger partial charge < -0.3 is 19.6 Å². The lowest BCUT2D eigenvalue weighted by Crippen LogP contribution is -2.47. The second-order valence-corrected chi connectivity index (χ2v) is 9.48. The molecule has 4 heterocycles. The molecule has 0 bridgehead atoms. The topological polar surface area (TPSA) is 65.0 Å². The zero-order valence-electron chi connectivity index (χ0n) is 18.2. The van der Waals surface area contributed by atoms with Gasteiger partial charge in [-0.2, -0.15) is 0 Å². The van der Waals surface area contributed by atoms with Gasteiger partial charge in [0.15, 0.2) is 0 Å². The third-order valence-corrected chi connectivity index (χ3v) is 7.43. The molecule has 2 saturated heterocycles. The van der Waals surface area contributed by atoms with Crippen molar-refractivity contribution in [2.75, 3.05) is 62.3 Å². The quantitative estimate of drug-likeness (QED) is 0.670. The number of aryl methyl sites for hydroxylation is 2. The first-order valence-corrected chi connectivity index (χ1v) is 11.8. The van der Waals surface area contributed by atoms with Crippen LogP contribution in [0.3, 0.4) is 0 Å². The Morgan fingerprint density at radius 2 is 1.68 bits per heavy atom. The van der Waals surface area contributed by atoms with E-state index in [-0.39, 0.29) is 0 Å². The minimum Gasteiger partial charge on any atom is -0.506 e. The van der Waals surface area contributed by atoms with Crippen molar-refractivity contribution in [3.8, 4) is 5.75 Å². The largest absolute Gasteiger partial charge is 0.506 e. The van der Waals surface area contributed by atoms with Crippen LogP contribution in [-0.4, -0.2) is 72.5 Å². The maximum atomic E-state index is 10.2. The Hall–Kier alpha value is -2.42. The average molecular weight is 440 g/mol. The van der Waals surface area contributed by atoms with Crippen LogP contribution in [0.25, 0.3) is 10.2 Å². The lowest BCUT2D eigenvalue weighted by atomic mass is 10.1. The summed E-state index contributed by atoms with van der Waals surface area (Å²) in [5, 5.41) is 11.4. The summed E-state index contributed by atoms with van der Waals surface area (Å²) in [5.41, 5.74) is 2.20. The number of benzene rings is 1. The Bertz CT molecular complexity index is 1070. The Kier molecular flexibility index (Phi) is 5.69. The monoisotopic (exact) mass is 439 g/mol. The SMILES string of the molecule is Cc1sc2nc(CN3CCOCC3)nc(N3CCN(c4ccccc4O)CC3)c2c1C. The van der Waals surface area contributed by atoms with Crippen molar-refractivity contribution < 1.29 is 9.84 Å². The Morgan fingerprint density at radius 1 is 0.968 bits per heavy atom. The molecule has 7 nitrogen and oxygen atoms in total. The molecule has 164 valence electrons. The number of hydrogen-bond acceptors (Lipinski definition) is 8. The number of hydrogen-bond donors (Lipinski definition) is 1. The van der Waals surface area contributed by atoms with E-state index in [1.54, 1.807) is 17.4 Å². The molecule has 31 heavy (non-hydrogen) atoms. The number of para-hydroxylation sites is 2. The van der Waals surface area contributed by atoms with E-state index in [2.05, 4.69) is 28.5 Å². The molecular formula is C23H29N5O2S. The molecule has 0 unspecified atom stereocenters. The zero-order chi connectivity index (χ0) is 21.4. The number of morpholine rings is 1. The van der Waals surface area contributed by atoms with Crippen molar-refractivity contribution in [1.82, 2.24) is 14.9 Å². The van der Waals surface area contributed by atoms with Gasteiger partial charge in [-0.15, -0.1) is 11.3 Å². The minimum atomic E-state index is 0.345. The number of piperazine rings is 1. The molecule has 0 radical (unpaired) electrons. The molecule has 3 aromatic rings. The predicted molar refractivity (Wildman–Crippen MR) is 126 cm³/mol. The van der Waals surface area contributed by atoms with E-state index in [9.17, 15) is 5.11 Å². The van der Waals surface area contributed by atoms with Gasteiger partial charge >= 0.3 is 0 Å². The number of anilines is 2. The summed E-state index contributed by atoms with van der Waals surface area (Å²) in [4.78, 5) is 19.4. The number of phenols is 1. The van der Waals surface area contributed by atoms with E-state index in [4.69, 9.17) is 14.7 Å². The summed E-state index contributed by atoms with van der Waals surface area (Å²) < 4.78 is 5.49. The van der Waals surface area contributed by atoms with Crippen LogP contribution >= 0.6 is 11.3 Å². The van der Waals surface area contributed by atoms with E-state index < -0.39 is 0 Å². The van der Waals surface area contributed by atoms with Crippen LogP contribution in [-0.2, 0) is 11.3 Å². The number of nitrogens with zero attached hydrogens (tertiary/aromatic N) is 5. The van der Waals surface area contributed by atoms with Gasteiger partial charge in [-0.25, -0.2) is 9.97 Å². The van der Waals surface area contributed by atoms with Crippen molar-refractivity contribution in [3.63, 3.8) is 0 Å².